The molecular weight excluding hydrogens is 356 g/mol. The maximum absolute atomic E-state index is 12.5. The average Bonchev–Trinajstić information content (AvgIpc) is 2.61. The molecule has 0 bridgehead atoms. The van der Waals surface area contributed by atoms with Crippen LogP contribution in [0.5, 0.6) is 11.5 Å². The number of anilines is 2. The molecule has 26 heavy (non-hydrogen) atoms. The van der Waals surface area contributed by atoms with Crippen molar-refractivity contribution in [2.24, 2.45) is 0 Å². The molecule has 0 fully saturated rings. The van der Waals surface area contributed by atoms with Gasteiger partial charge < -0.3 is 20.1 Å². The standard InChI is InChI=1S/C19H21ClN2O4/c1-4-9-26-18-16(20)10-13(11-17(18)25-3)19(24)22-15-7-5-14(6-8-15)21-12(2)23/h5-8,10-11H,4,9H2,1-3H3,(H,21,23)(H,22,24). The Morgan fingerprint density at radius 3 is 2.23 bits per heavy atom. The molecule has 0 aliphatic rings. The van der Waals surface area contributed by atoms with Crippen molar-refractivity contribution in [3.8, 4) is 11.5 Å². The van der Waals surface area contributed by atoms with Crippen LogP contribution in [0.3, 0.4) is 0 Å². The average molecular weight is 377 g/mol. The number of halogens is 1. The van der Waals surface area contributed by atoms with Gasteiger partial charge in [0, 0.05) is 23.9 Å². The van der Waals surface area contributed by atoms with Gasteiger partial charge >= 0.3 is 0 Å². The van der Waals surface area contributed by atoms with Gasteiger partial charge in [-0.15, -0.1) is 0 Å². The summed E-state index contributed by atoms with van der Waals surface area (Å²) in [5.74, 6) is 0.331. The van der Waals surface area contributed by atoms with Crippen molar-refractivity contribution in [1.82, 2.24) is 0 Å². The number of carbonyl (C=O) groups is 2. The van der Waals surface area contributed by atoms with Crippen molar-refractivity contribution in [3.63, 3.8) is 0 Å². The lowest BCUT2D eigenvalue weighted by Gasteiger charge is -2.14. The maximum Gasteiger partial charge on any atom is 0.255 e. The molecule has 6 nitrogen and oxygen atoms in total. The maximum atomic E-state index is 12.5. The second-order valence-electron chi connectivity index (χ2n) is 5.55. The van der Waals surface area contributed by atoms with Crippen LogP contribution >= 0.6 is 11.6 Å². The first kappa shape index (κ1) is 19.6. The summed E-state index contributed by atoms with van der Waals surface area (Å²) in [4.78, 5) is 23.5. The van der Waals surface area contributed by atoms with Crippen LogP contribution in [-0.2, 0) is 4.79 Å². The second-order valence-corrected chi connectivity index (χ2v) is 5.96. The number of hydrogen-bond donors (Lipinski definition) is 2. The summed E-state index contributed by atoms with van der Waals surface area (Å²) in [5.41, 5.74) is 1.59. The van der Waals surface area contributed by atoms with Crippen molar-refractivity contribution in [3.05, 3.63) is 47.0 Å². The molecule has 2 aromatic carbocycles. The number of nitrogens with one attached hydrogen (secondary N) is 2. The number of rotatable bonds is 7. The third-order valence-corrected chi connectivity index (χ3v) is 3.69. The van der Waals surface area contributed by atoms with E-state index in [0.717, 1.165) is 6.42 Å². The van der Waals surface area contributed by atoms with E-state index >= 15 is 0 Å². The summed E-state index contributed by atoms with van der Waals surface area (Å²) in [5, 5.41) is 5.75. The van der Waals surface area contributed by atoms with Crippen molar-refractivity contribution < 1.29 is 19.1 Å². The summed E-state index contributed by atoms with van der Waals surface area (Å²) in [7, 11) is 1.49. The van der Waals surface area contributed by atoms with Gasteiger partial charge in [-0.25, -0.2) is 0 Å². The lowest BCUT2D eigenvalue weighted by atomic mass is 10.1. The summed E-state index contributed by atoms with van der Waals surface area (Å²) in [6.45, 7) is 3.92. The molecule has 0 aliphatic heterocycles. The van der Waals surface area contributed by atoms with Gasteiger partial charge in [0.2, 0.25) is 5.91 Å². The van der Waals surface area contributed by atoms with Crippen LogP contribution in [0.1, 0.15) is 30.6 Å². The van der Waals surface area contributed by atoms with Crippen LogP contribution in [0.4, 0.5) is 11.4 Å². The van der Waals surface area contributed by atoms with E-state index < -0.39 is 0 Å². The summed E-state index contributed by atoms with van der Waals surface area (Å²) >= 11 is 6.24. The van der Waals surface area contributed by atoms with E-state index in [4.69, 9.17) is 21.1 Å². The summed E-state index contributed by atoms with van der Waals surface area (Å²) < 4.78 is 10.9. The van der Waals surface area contributed by atoms with E-state index in [1.165, 1.54) is 20.1 Å². The van der Waals surface area contributed by atoms with Crippen LogP contribution in [-0.4, -0.2) is 25.5 Å². The zero-order valence-electron chi connectivity index (χ0n) is 14.9. The Morgan fingerprint density at radius 2 is 1.69 bits per heavy atom. The molecule has 138 valence electrons. The highest BCUT2D eigenvalue weighted by Crippen LogP contribution is 2.36. The quantitative estimate of drug-likeness (QED) is 0.753. The molecule has 0 aliphatic carbocycles. The molecular formula is C19H21ClN2O4. The van der Waals surface area contributed by atoms with Gasteiger partial charge in [-0.05, 0) is 42.8 Å². The monoisotopic (exact) mass is 376 g/mol. The largest absolute Gasteiger partial charge is 0.493 e. The third-order valence-electron chi connectivity index (χ3n) is 3.41. The molecule has 0 atom stereocenters. The number of carbonyl (C=O) groups excluding carboxylic acids is 2. The summed E-state index contributed by atoms with van der Waals surface area (Å²) in [6.07, 6.45) is 0.830. The minimum atomic E-state index is -0.334. The highest BCUT2D eigenvalue weighted by atomic mass is 35.5. The smallest absolute Gasteiger partial charge is 0.255 e. The zero-order valence-corrected chi connectivity index (χ0v) is 15.6. The van der Waals surface area contributed by atoms with Crippen LogP contribution in [0.25, 0.3) is 0 Å². The fraction of sp³-hybridized carbons (Fsp3) is 0.263. The van der Waals surface area contributed by atoms with Crippen LogP contribution in [0.15, 0.2) is 36.4 Å². The number of hydrogen-bond acceptors (Lipinski definition) is 4. The van der Waals surface area contributed by atoms with E-state index in [2.05, 4.69) is 10.6 Å². The molecule has 0 unspecified atom stereocenters. The van der Waals surface area contributed by atoms with E-state index in [1.807, 2.05) is 6.92 Å². The Hall–Kier alpha value is -2.73. The highest BCUT2D eigenvalue weighted by molar-refractivity contribution is 6.32. The molecule has 2 N–H and O–H groups in total. The van der Waals surface area contributed by atoms with E-state index in [9.17, 15) is 9.59 Å². The minimum absolute atomic E-state index is 0.158. The minimum Gasteiger partial charge on any atom is -0.493 e. The predicted molar refractivity (Wildman–Crippen MR) is 102 cm³/mol. The molecule has 7 heteroatoms. The Bertz CT molecular complexity index is 791. The highest BCUT2D eigenvalue weighted by Gasteiger charge is 2.16. The Morgan fingerprint density at radius 1 is 1.08 bits per heavy atom. The molecule has 0 heterocycles. The Kier molecular flexibility index (Phi) is 6.86. The lowest BCUT2D eigenvalue weighted by molar-refractivity contribution is -0.114. The Labute approximate surface area is 157 Å². The van der Waals surface area contributed by atoms with Gasteiger partial charge in [0.1, 0.15) is 0 Å². The molecule has 0 radical (unpaired) electrons. The molecule has 0 saturated heterocycles. The van der Waals surface area contributed by atoms with Crippen molar-refractivity contribution in [2.75, 3.05) is 24.4 Å². The first-order valence-electron chi connectivity index (χ1n) is 8.14. The fourth-order valence-electron chi connectivity index (χ4n) is 2.24. The second kappa shape index (κ2) is 9.10. The van der Waals surface area contributed by atoms with Gasteiger partial charge in [-0.2, -0.15) is 0 Å². The number of amides is 2. The van der Waals surface area contributed by atoms with Gasteiger partial charge in [-0.1, -0.05) is 18.5 Å². The van der Waals surface area contributed by atoms with E-state index in [0.29, 0.717) is 40.1 Å². The van der Waals surface area contributed by atoms with Gasteiger partial charge in [-0.3, -0.25) is 9.59 Å². The van der Waals surface area contributed by atoms with Crippen LogP contribution in [0, 0.1) is 0 Å². The molecule has 0 saturated carbocycles. The molecule has 2 rings (SSSR count). The van der Waals surface area contributed by atoms with Crippen molar-refractivity contribution >= 4 is 34.8 Å². The predicted octanol–water partition coefficient (Wildman–Crippen LogP) is 4.35. The van der Waals surface area contributed by atoms with Crippen LogP contribution < -0.4 is 20.1 Å². The normalized spacial score (nSPS) is 10.2. The van der Waals surface area contributed by atoms with Gasteiger partial charge in [0.05, 0.1) is 18.7 Å². The molecule has 0 spiro atoms. The first-order chi connectivity index (χ1) is 12.4. The van der Waals surface area contributed by atoms with Crippen LogP contribution in [0.2, 0.25) is 5.02 Å². The topological polar surface area (TPSA) is 76.7 Å². The van der Waals surface area contributed by atoms with Crippen molar-refractivity contribution in [2.45, 2.75) is 20.3 Å². The number of benzene rings is 2. The zero-order chi connectivity index (χ0) is 19.1. The first-order valence-corrected chi connectivity index (χ1v) is 8.51. The number of methoxy groups -OCH3 is 1. The van der Waals surface area contributed by atoms with Gasteiger partial charge in [0.25, 0.3) is 5.91 Å². The van der Waals surface area contributed by atoms with Gasteiger partial charge in [0.15, 0.2) is 11.5 Å². The molecule has 2 aromatic rings. The van der Waals surface area contributed by atoms with E-state index in [-0.39, 0.29) is 11.8 Å². The lowest BCUT2D eigenvalue weighted by Crippen LogP contribution is -2.13. The summed E-state index contributed by atoms with van der Waals surface area (Å²) in [6, 6.07) is 9.91. The molecule has 0 aromatic heterocycles. The number of ether oxygens (including phenoxy) is 2. The Balaban J connectivity index is 2.16. The third kappa shape index (κ3) is 5.13. The van der Waals surface area contributed by atoms with Crippen molar-refractivity contribution in [1.29, 1.82) is 0 Å². The van der Waals surface area contributed by atoms with E-state index in [1.54, 1.807) is 30.3 Å². The SMILES string of the molecule is CCCOc1c(Cl)cc(C(=O)Nc2ccc(NC(C)=O)cc2)cc1OC. The fourth-order valence-corrected chi connectivity index (χ4v) is 2.50. The molecule has 2 amide bonds.